The van der Waals surface area contributed by atoms with Gasteiger partial charge in [-0.3, -0.25) is 0 Å². The Morgan fingerprint density at radius 2 is 1.76 bits per heavy atom. The van der Waals surface area contributed by atoms with Crippen LogP contribution in [-0.4, -0.2) is 52.2 Å². The minimum Gasteiger partial charge on any atom is -0.478 e. The van der Waals surface area contributed by atoms with Crippen LogP contribution in [0.1, 0.15) is 15.9 Å². The maximum atomic E-state index is 11.6. The molecule has 0 amide bonds. The summed E-state index contributed by atoms with van der Waals surface area (Å²) in [6.07, 6.45) is 1.17. The molecule has 0 heterocycles. The summed E-state index contributed by atoms with van der Waals surface area (Å²) < 4.78 is 47.3. The number of sulfonamides is 1. The van der Waals surface area contributed by atoms with E-state index >= 15 is 0 Å². The van der Waals surface area contributed by atoms with E-state index in [-0.39, 0.29) is 18.5 Å². The minimum absolute atomic E-state index is 0.0103. The molecule has 21 heavy (non-hydrogen) atoms. The van der Waals surface area contributed by atoms with Gasteiger partial charge in [0.05, 0.1) is 17.1 Å². The molecule has 0 unspecified atom stereocenters. The summed E-state index contributed by atoms with van der Waals surface area (Å²) in [5.41, 5.74) is 0.628. The highest BCUT2D eigenvalue weighted by atomic mass is 32.2. The quantitative estimate of drug-likeness (QED) is 0.684. The van der Waals surface area contributed by atoms with Crippen LogP contribution in [0.15, 0.2) is 24.3 Å². The van der Waals surface area contributed by atoms with Gasteiger partial charge in [-0.25, -0.2) is 26.4 Å². The lowest BCUT2D eigenvalue weighted by Gasteiger charge is -2.08. The molecule has 1 aromatic carbocycles. The van der Waals surface area contributed by atoms with Crippen molar-refractivity contribution in [2.24, 2.45) is 0 Å². The first-order chi connectivity index (χ1) is 9.61. The van der Waals surface area contributed by atoms with E-state index in [0.29, 0.717) is 5.56 Å². The summed E-state index contributed by atoms with van der Waals surface area (Å²) in [5, 5.41) is 8.99. The van der Waals surface area contributed by atoms with E-state index < -0.39 is 37.3 Å². The molecular formula is C12H17NO6S2. The van der Waals surface area contributed by atoms with Crippen LogP contribution >= 0.6 is 0 Å². The summed E-state index contributed by atoms with van der Waals surface area (Å²) in [4.78, 5) is 11.0. The first-order valence-electron chi connectivity index (χ1n) is 6.07. The molecule has 0 atom stereocenters. The van der Waals surface area contributed by atoms with Crippen molar-refractivity contribution in [3.05, 3.63) is 35.4 Å². The van der Waals surface area contributed by atoms with Crippen LogP contribution in [0.4, 0.5) is 0 Å². The van der Waals surface area contributed by atoms with Crippen LogP contribution in [0, 0.1) is 0 Å². The number of benzene rings is 1. The average molecular weight is 335 g/mol. The Morgan fingerprint density at radius 3 is 2.33 bits per heavy atom. The second-order valence-corrected chi connectivity index (χ2v) is 8.74. The standard InChI is InChI=1S/C12H17NO6S2/c1-20(16,17)8-9-21(18,19)13-7-6-10-4-2-3-5-11(10)12(14)15/h2-5,13H,6-9H2,1H3,(H,14,15). The van der Waals surface area contributed by atoms with Crippen molar-refractivity contribution in [3.8, 4) is 0 Å². The molecule has 9 heteroatoms. The van der Waals surface area contributed by atoms with Crippen LogP contribution in [-0.2, 0) is 26.3 Å². The average Bonchev–Trinajstić information content (AvgIpc) is 2.36. The highest BCUT2D eigenvalue weighted by molar-refractivity contribution is 7.93. The molecule has 0 radical (unpaired) electrons. The molecule has 0 fully saturated rings. The number of carboxylic acids is 1. The van der Waals surface area contributed by atoms with Gasteiger partial charge in [0, 0.05) is 12.8 Å². The van der Waals surface area contributed by atoms with Gasteiger partial charge in [-0.2, -0.15) is 0 Å². The predicted octanol–water partition coefficient (Wildman–Crippen LogP) is -0.109. The van der Waals surface area contributed by atoms with E-state index in [2.05, 4.69) is 4.72 Å². The summed E-state index contributed by atoms with van der Waals surface area (Å²) >= 11 is 0. The monoisotopic (exact) mass is 335 g/mol. The van der Waals surface area contributed by atoms with Gasteiger partial charge in [-0.05, 0) is 18.1 Å². The van der Waals surface area contributed by atoms with Crippen LogP contribution in [0.3, 0.4) is 0 Å². The summed E-state index contributed by atoms with van der Waals surface area (Å²) in [6, 6.07) is 6.30. The van der Waals surface area contributed by atoms with Gasteiger partial charge in [-0.15, -0.1) is 0 Å². The first kappa shape index (κ1) is 17.6. The van der Waals surface area contributed by atoms with Crippen molar-refractivity contribution < 1.29 is 26.7 Å². The maximum Gasteiger partial charge on any atom is 0.335 e. The molecule has 7 nitrogen and oxygen atoms in total. The lowest BCUT2D eigenvalue weighted by atomic mass is 10.1. The van der Waals surface area contributed by atoms with Gasteiger partial charge in [0.15, 0.2) is 0 Å². The number of hydrogen-bond acceptors (Lipinski definition) is 5. The van der Waals surface area contributed by atoms with Crippen LogP contribution in [0.25, 0.3) is 0 Å². The van der Waals surface area contributed by atoms with Gasteiger partial charge in [0.2, 0.25) is 10.0 Å². The number of carboxylic acid groups (broad SMARTS) is 1. The zero-order valence-electron chi connectivity index (χ0n) is 11.4. The normalized spacial score (nSPS) is 12.2. The number of rotatable bonds is 8. The Labute approximate surface area is 124 Å². The topological polar surface area (TPSA) is 118 Å². The molecule has 0 spiro atoms. The molecule has 0 aliphatic heterocycles. The fourth-order valence-corrected chi connectivity index (χ4v) is 4.27. The van der Waals surface area contributed by atoms with E-state index in [4.69, 9.17) is 5.11 Å². The van der Waals surface area contributed by atoms with Crippen molar-refractivity contribution in [3.63, 3.8) is 0 Å². The smallest absolute Gasteiger partial charge is 0.335 e. The minimum atomic E-state index is -3.69. The molecule has 1 aromatic rings. The SMILES string of the molecule is CS(=O)(=O)CCS(=O)(=O)NCCc1ccccc1C(=O)O. The van der Waals surface area contributed by atoms with Crippen molar-refractivity contribution in [1.82, 2.24) is 4.72 Å². The van der Waals surface area contributed by atoms with Gasteiger partial charge in [0.25, 0.3) is 0 Å². The van der Waals surface area contributed by atoms with Gasteiger partial charge >= 0.3 is 5.97 Å². The second kappa shape index (κ2) is 7.01. The van der Waals surface area contributed by atoms with Crippen LogP contribution in [0.5, 0.6) is 0 Å². The Balaban J connectivity index is 2.59. The Hall–Kier alpha value is -1.45. The lowest BCUT2D eigenvalue weighted by Crippen LogP contribution is -2.31. The number of carbonyl (C=O) groups is 1. The third-order valence-electron chi connectivity index (χ3n) is 2.69. The Bertz CT molecular complexity index is 709. The number of aromatic carboxylic acids is 1. The lowest BCUT2D eigenvalue weighted by molar-refractivity contribution is 0.0695. The van der Waals surface area contributed by atoms with E-state index in [9.17, 15) is 21.6 Å². The van der Waals surface area contributed by atoms with Crippen LogP contribution in [0.2, 0.25) is 0 Å². The zero-order chi connectivity index (χ0) is 16.1. The first-order valence-corrected chi connectivity index (χ1v) is 9.78. The van der Waals surface area contributed by atoms with E-state index in [0.717, 1.165) is 6.26 Å². The van der Waals surface area contributed by atoms with Gasteiger partial charge in [0.1, 0.15) is 9.84 Å². The molecule has 0 aromatic heterocycles. The van der Waals surface area contributed by atoms with Crippen molar-refractivity contribution in [2.75, 3.05) is 24.3 Å². The number of hydrogen-bond donors (Lipinski definition) is 2. The number of sulfone groups is 1. The summed E-state index contributed by atoms with van der Waals surface area (Å²) in [5.74, 6) is -2.04. The molecule has 0 aliphatic rings. The third kappa shape index (κ3) is 6.69. The zero-order valence-corrected chi connectivity index (χ0v) is 13.1. The Morgan fingerprint density at radius 1 is 1.14 bits per heavy atom. The van der Waals surface area contributed by atoms with Crippen LogP contribution < -0.4 is 4.72 Å². The Kier molecular flexibility index (Phi) is 5.87. The molecule has 0 saturated heterocycles. The summed E-state index contributed by atoms with van der Waals surface area (Å²) in [7, 11) is -7.04. The van der Waals surface area contributed by atoms with E-state index in [1.165, 1.54) is 6.07 Å². The molecular weight excluding hydrogens is 318 g/mol. The molecule has 1 rings (SSSR count). The van der Waals surface area contributed by atoms with Crippen molar-refractivity contribution in [2.45, 2.75) is 6.42 Å². The molecule has 118 valence electrons. The molecule has 0 saturated carbocycles. The van der Waals surface area contributed by atoms with Gasteiger partial charge < -0.3 is 5.11 Å². The highest BCUT2D eigenvalue weighted by Crippen LogP contribution is 2.09. The molecule has 0 bridgehead atoms. The maximum absolute atomic E-state index is 11.6. The van der Waals surface area contributed by atoms with E-state index in [1.54, 1.807) is 18.2 Å². The number of nitrogens with one attached hydrogen (secondary N) is 1. The summed E-state index contributed by atoms with van der Waals surface area (Å²) in [6.45, 7) is 0.0103. The fraction of sp³-hybridized carbons (Fsp3) is 0.417. The highest BCUT2D eigenvalue weighted by Gasteiger charge is 2.15. The third-order valence-corrected chi connectivity index (χ3v) is 5.28. The fourth-order valence-electron chi connectivity index (χ4n) is 1.62. The van der Waals surface area contributed by atoms with Gasteiger partial charge in [-0.1, -0.05) is 18.2 Å². The largest absolute Gasteiger partial charge is 0.478 e. The molecule has 2 N–H and O–H groups in total. The predicted molar refractivity (Wildman–Crippen MR) is 78.6 cm³/mol. The van der Waals surface area contributed by atoms with Crippen molar-refractivity contribution in [1.29, 1.82) is 0 Å². The second-order valence-electron chi connectivity index (χ2n) is 4.56. The van der Waals surface area contributed by atoms with E-state index in [1.807, 2.05) is 0 Å². The van der Waals surface area contributed by atoms with Crippen molar-refractivity contribution >= 4 is 25.8 Å². The molecule has 0 aliphatic carbocycles.